The number of aliphatic imine (C=N–C) groups is 1. The van der Waals surface area contributed by atoms with Gasteiger partial charge in [0.15, 0.2) is 12.1 Å². The third-order valence-electron chi connectivity index (χ3n) is 8.45. The summed E-state index contributed by atoms with van der Waals surface area (Å²) in [5, 5.41) is 2.78. The van der Waals surface area contributed by atoms with Crippen LogP contribution in [0.5, 0.6) is 5.75 Å². The number of fused-ring (bicyclic) bond motifs is 1. The fourth-order valence-corrected chi connectivity index (χ4v) is 5.90. The van der Waals surface area contributed by atoms with Crippen LogP contribution in [0.1, 0.15) is 62.7 Å². The van der Waals surface area contributed by atoms with Crippen LogP contribution in [0, 0.1) is 17.2 Å². The first-order valence-corrected chi connectivity index (χ1v) is 13.4. The van der Waals surface area contributed by atoms with Gasteiger partial charge in [-0.2, -0.15) is 13.2 Å². The molecule has 1 fully saturated rings. The lowest BCUT2D eigenvalue weighted by Crippen LogP contribution is -2.53. The Morgan fingerprint density at radius 3 is 2.71 bits per heavy atom. The molecule has 12 heteroatoms. The van der Waals surface area contributed by atoms with E-state index in [1.54, 1.807) is 18.2 Å². The van der Waals surface area contributed by atoms with Crippen LogP contribution in [0.3, 0.4) is 0 Å². The summed E-state index contributed by atoms with van der Waals surface area (Å²) >= 11 is 0. The molecule has 2 aromatic rings. The number of halogens is 4. The second-order valence-corrected chi connectivity index (χ2v) is 11.1. The number of pyridine rings is 1. The van der Waals surface area contributed by atoms with E-state index in [1.165, 1.54) is 29.3 Å². The van der Waals surface area contributed by atoms with Gasteiger partial charge in [0, 0.05) is 24.1 Å². The van der Waals surface area contributed by atoms with Crippen LogP contribution in [-0.4, -0.2) is 45.5 Å². The Morgan fingerprint density at radius 2 is 2.07 bits per heavy atom. The lowest BCUT2D eigenvalue weighted by Gasteiger charge is -2.39. The average Bonchev–Trinajstić information content (AvgIpc) is 3.65. The summed E-state index contributed by atoms with van der Waals surface area (Å²) in [6.45, 7) is 7.55. The summed E-state index contributed by atoms with van der Waals surface area (Å²) < 4.78 is 60.5. The van der Waals surface area contributed by atoms with Crippen molar-refractivity contribution < 1.29 is 31.9 Å². The number of carbonyl (C=O) groups excluding carboxylic acids is 2. The Morgan fingerprint density at radius 1 is 1.34 bits per heavy atom. The summed E-state index contributed by atoms with van der Waals surface area (Å²) in [4.78, 5) is 37.1. The minimum Gasteiger partial charge on any atom is -0.480 e. The number of rotatable bonds is 7. The summed E-state index contributed by atoms with van der Waals surface area (Å²) in [7, 11) is 0. The molecule has 1 aliphatic carbocycles. The highest BCUT2D eigenvalue weighted by atomic mass is 19.4. The van der Waals surface area contributed by atoms with Crippen LogP contribution in [0.25, 0.3) is 0 Å². The Kier molecular flexibility index (Phi) is 7.07. The molecule has 2 amide bonds. The molecule has 2 aliphatic heterocycles. The number of amides is 2. The van der Waals surface area contributed by atoms with Gasteiger partial charge in [-0.3, -0.25) is 19.5 Å². The van der Waals surface area contributed by atoms with Crippen molar-refractivity contribution in [2.75, 3.05) is 0 Å². The van der Waals surface area contributed by atoms with Crippen molar-refractivity contribution in [3.05, 3.63) is 72.3 Å². The first kappa shape index (κ1) is 28.6. The number of nitrogens with zero attached hydrogens (tertiary/aromatic N) is 3. The number of nitrogens with two attached hydrogens (primary N) is 1. The lowest BCUT2D eigenvalue weighted by molar-refractivity contribution is -0.201. The van der Waals surface area contributed by atoms with Crippen LogP contribution in [0.15, 0.2) is 60.4 Å². The van der Waals surface area contributed by atoms with E-state index in [-0.39, 0.29) is 30.5 Å². The van der Waals surface area contributed by atoms with E-state index in [2.05, 4.69) is 21.9 Å². The van der Waals surface area contributed by atoms with Gasteiger partial charge >= 0.3 is 6.18 Å². The van der Waals surface area contributed by atoms with E-state index in [9.17, 15) is 27.2 Å². The number of alkyl halides is 3. The van der Waals surface area contributed by atoms with Gasteiger partial charge in [-0.1, -0.05) is 31.2 Å². The van der Waals surface area contributed by atoms with E-state index in [4.69, 9.17) is 10.5 Å². The quantitative estimate of drug-likeness (QED) is 0.367. The van der Waals surface area contributed by atoms with Crippen molar-refractivity contribution in [3.8, 4) is 5.75 Å². The topological polar surface area (TPSA) is 110 Å². The molecular formula is C29H31F4N5O3. The third-order valence-corrected chi connectivity index (χ3v) is 8.45. The number of ether oxygens (including phenoxy) is 1. The zero-order valence-corrected chi connectivity index (χ0v) is 22.6. The van der Waals surface area contributed by atoms with Crippen molar-refractivity contribution >= 4 is 17.8 Å². The SMILES string of the molecule is C=C[C@]1(C(=O)N[C@H]2C[C@@H](C(F)(F)F)Oc3ccccc32)C[C@@H]1[C@@H](c1cncc(F)c1)N1C(=O)C[C@](C)(CC)N=C1N. The normalized spacial score (nSPS) is 30.0. The number of carbonyl (C=O) groups is 2. The van der Waals surface area contributed by atoms with E-state index >= 15 is 0 Å². The molecule has 0 unspecified atom stereocenters. The monoisotopic (exact) mass is 573 g/mol. The Labute approximate surface area is 234 Å². The Balaban J connectivity index is 1.48. The first-order valence-electron chi connectivity index (χ1n) is 13.4. The van der Waals surface area contributed by atoms with Crippen LogP contribution < -0.4 is 15.8 Å². The molecule has 6 atom stereocenters. The van der Waals surface area contributed by atoms with Gasteiger partial charge in [0.2, 0.25) is 11.8 Å². The Hall–Kier alpha value is -3.96. The fraction of sp³-hybridized carbons (Fsp3) is 0.448. The lowest BCUT2D eigenvalue weighted by atomic mass is 9.89. The van der Waals surface area contributed by atoms with E-state index in [1.807, 2.05) is 13.8 Å². The molecule has 1 saturated carbocycles. The smallest absolute Gasteiger partial charge is 0.425 e. The number of benzene rings is 1. The van der Waals surface area contributed by atoms with Gasteiger partial charge in [0.05, 0.1) is 35.7 Å². The highest BCUT2D eigenvalue weighted by Gasteiger charge is 2.64. The maximum Gasteiger partial charge on any atom is 0.425 e. The molecule has 0 radical (unpaired) electrons. The second kappa shape index (κ2) is 10.1. The molecule has 3 N–H and O–H groups in total. The van der Waals surface area contributed by atoms with Crippen molar-refractivity contribution in [1.29, 1.82) is 0 Å². The standard InChI is InChI=1S/C29H31F4N5O3/c1-4-27(3)13-23(39)38(26(34)37-27)24(16-10-17(30)15-35-14-16)19-12-28(19,5-2)25(40)36-20-11-22(29(31,32)33)41-21-9-7-6-8-18(20)21/h5-10,14-15,19-20,22,24H,2,4,11-13H2,1,3H3,(H2,34,37)(H,36,40)/t19-,20+,22+,24-,27+,28+/m1/s1. The van der Waals surface area contributed by atoms with Crippen molar-refractivity contribution in [3.63, 3.8) is 0 Å². The molecule has 5 rings (SSSR count). The second-order valence-electron chi connectivity index (χ2n) is 11.1. The largest absolute Gasteiger partial charge is 0.480 e. The van der Waals surface area contributed by atoms with E-state index in [0.717, 1.165) is 6.20 Å². The molecule has 8 nitrogen and oxygen atoms in total. The van der Waals surface area contributed by atoms with Gasteiger partial charge in [-0.05, 0) is 37.5 Å². The summed E-state index contributed by atoms with van der Waals surface area (Å²) in [5.74, 6) is -2.19. The molecule has 218 valence electrons. The maximum atomic E-state index is 14.3. The number of nitrogens with one attached hydrogen (secondary N) is 1. The van der Waals surface area contributed by atoms with E-state index in [0.29, 0.717) is 17.5 Å². The Bertz CT molecular complexity index is 1410. The minimum atomic E-state index is -4.64. The van der Waals surface area contributed by atoms with Gasteiger partial charge < -0.3 is 15.8 Å². The summed E-state index contributed by atoms with van der Waals surface area (Å²) in [6, 6.07) is 5.56. The van der Waals surface area contributed by atoms with Crippen LogP contribution in [-0.2, 0) is 9.59 Å². The van der Waals surface area contributed by atoms with Crippen LogP contribution >= 0.6 is 0 Å². The molecule has 41 heavy (non-hydrogen) atoms. The number of aromatic nitrogens is 1. The highest BCUT2D eigenvalue weighted by molar-refractivity contribution is 6.00. The molecular weight excluding hydrogens is 542 g/mol. The third kappa shape index (κ3) is 5.15. The summed E-state index contributed by atoms with van der Waals surface area (Å²) in [6.07, 6.45) is -2.59. The predicted octanol–water partition coefficient (Wildman–Crippen LogP) is 4.74. The van der Waals surface area contributed by atoms with Gasteiger partial charge in [0.1, 0.15) is 11.6 Å². The average molecular weight is 574 g/mol. The molecule has 3 aliphatic rings. The molecule has 0 saturated heterocycles. The fourth-order valence-electron chi connectivity index (χ4n) is 5.90. The minimum absolute atomic E-state index is 0.0389. The van der Waals surface area contributed by atoms with E-state index < -0.39 is 59.4 Å². The number of hydrogen-bond acceptors (Lipinski definition) is 6. The number of para-hydroxylation sites is 1. The zero-order valence-electron chi connectivity index (χ0n) is 22.6. The van der Waals surface area contributed by atoms with Gasteiger partial charge in [0.25, 0.3) is 0 Å². The molecule has 3 heterocycles. The first-order chi connectivity index (χ1) is 19.3. The summed E-state index contributed by atoms with van der Waals surface area (Å²) in [5.41, 5.74) is 5.08. The van der Waals surface area contributed by atoms with Crippen molar-refractivity contribution in [2.24, 2.45) is 22.1 Å². The molecule has 0 spiro atoms. The van der Waals surface area contributed by atoms with Crippen LogP contribution in [0.4, 0.5) is 17.6 Å². The van der Waals surface area contributed by atoms with Crippen molar-refractivity contribution in [2.45, 2.75) is 69.4 Å². The predicted molar refractivity (Wildman–Crippen MR) is 142 cm³/mol. The van der Waals surface area contributed by atoms with Gasteiger partial charge in [-0.25, -0.2) is 9.38 Å². The molecule has 1 aromatic carbocycles. The highest BCUT2D eigenvalue weighted by Crippen LogP contribution is 2.62. The molecule has 1 aromatic heterocycles. The van der Waals surface area contributed by atoms with Gasteiger partial charge in [-0.15, -0.1) is 6.58 Å². The number of guanidine groups is 1. The maximum absolute atomic E-state index is 14.3. The zero-order chi connectivity index (χ0) is 29.7. The van der Waals surface area contributed by atoms with Crippen LogP contribution in [0.2, 0.25) is 0 Å². The molecule has 0 bridgehead atoms. The number of hydrogen-bond donors (Lipinski definition) is 2. The van der Waals surface area contributed by atoms with Crippen molar-refractivity contribution in [1.82, 2.24) is 15.2 Å².